The number of ether oxygens (including phenoxy) is 1. The molecule has 3 heterocycles. The Morgan fingerprint density at radius 2 is 1.97 bits per heavy atom. The Labute approximate surface area is 190 Å². The van der Waals surface area contributed by atoms with Crippen LogP contribution >= 0.6 is 0 Å². The molecular formula is C25H24N4O4. The van der Waals surface area contributed by atoms with Crippen molar-refractivity contribution in [2.24, 2.45) is 0 Å². The van der Waals surface area contributed by atoms with Crippen molar-refractivity contribution in [3.05, 3.63) is 76.0 Å². The molecule has 2 N–H and O–H groups in total. The maximum atomic E-state index is 12.6. The van der Waals surface area contributed by atoms with Gasteiger partial charge in [0.05, 0.1) is 23.9 Å². The highest BCUT2D eigenvalue weighted by molar-refractivity contribution is 5.98. The van der Waals surface area contributed by atoms with Crippen LogP contribution in [0, 0.1) is 39.0 Å². The van der Waals surface area contributed by atoms with Gasteiger partial charge < -0.3 is 24.0 Å². The zero-order chi connectivity index (χ0) is 23.7. The summed E-state index contributed by atoms with van der Waals surface area (Å²) < 4.78 is 12.5. The van der Waals surface area contributed by atoms with Gasteiger partial charge in [0.15, 0.2) is 6.61 Å². The third-order valence-corrected chi connectivity index (χ3v) is 5.97. The predicted molar refractivity (Wildman–Crippen MR) is 123 cm³/mol. The fraction of sp³-hybridized carbons (Fsp3) is 0.240. The number of fused-ring (bicyclic) bond motifs is 1. The third-order valence-electron chi connectivity index (χ3n) is 5.97. The third kappa shape index (κ3) is 4.13. The van der Waals surface area contributed by atoms with E-state index in [1.165, 1.54) is 0 Å². The number of carbonyl (C=O) groups excluding carboxylic acids is 2. The van der Waals surface area contributed by atoms with Crippen LogP contribution < -0.4 is 5.32 Å². The number of aromatic amines is 1. The Hall–Kier alpha value is -4.25. The van der Waals surface area contributed by atoms with Crippen LogP contribution in [0.5, 0.6) is 0 Å². The first-order valence-corrected chi connectivity index (χ1v) is 10.5. The first-order valence-electron chi connectivity index (χ1n) is 10.5. The number of carbonyl (C=O) groups is 2. The lowest BCUT2D eigenvalue weighted by Gasteiger charge is -2.12. The number of anilines is 1. The number of nitrogens with one attached hydrogen (secondary N) is 2. The summed E-state index contributed by atoms with van der Waals surface area (Å²) in [7, 11) is 0. The Bertz CT molecular complexity index is 1400. The highest BCUT2D eigenvalue weighted by atomic mass is 16.5. The van der Waals surface area contributed by atoms with Gasteiger partial charge in [0.25, 0.3) is 5.91 Å². The number of esters is 1. The second-order valence-corrected chi connectivity index (χ2v) is 7.97. The number of rotatable bonds is 6. The van der Waals surface area contributed by atoms with Gasteiger partial charge in [-0.2, -0.15) is 5.26 Å². The van der Waals surface area contributed by atoms with Crippen molar-refractivity contribution >= 4 is 28.6 Å². The van der Waals surface area contributed by atoms with Crippen molar-refractivity contribution in [3.63, 3.8) is 0 Å². The van der Waals surface area contributed by atoms with E-state index in [1.54, 1.807) is 29.0 Å². The number of benzene rings is 1. The van der Waals surface area contributed by atoms with Gasteiger partial charge in [0.1, 0.15) is 17.6 Å². The van der Waals surface area contributed by atoms with Crippen molar-refractivity contribution in [3.8, 4) is 6.07 Å². The van der Waals surface area contributed by atoms with Gasteiger partial charge in [-0.1, -0.05) is 0 Å². The fourth-order valence-electron chi connectivity index (χ4n) is 3.86. The number of hydrogen-bond donors (Lipinski definition) is 2. The van der Waals surface area contributed by atoms with Crippen LogP contribution in [0.25, 0.3) is 10.9 Å². The zero-order valence-electron chi connectivity index (χ0n) is 18.9. The lowest BCUT2D eigenvalue weighted by Crippen LogP contribution is -2.23. The van der Waals surface area contributed by atoms with Crippen molar-refractivity contribution in [2.75, 3.05) is 11.9 Å². The average molecular weight is 444 g/mol. The molecule has 0 fully saturated rings. The number of nitrogens with zero attached hydrogens (tertiary/aromatic N) is 2. The van der Waals surface area contributed by atoms with Gasteiger partial charge in [-0.05, 0) is 69.2 Å². The topological polar surface area (TPSA) is 113 Å². The van der Waals surface area contributed by atoms with E-state index < -0.39 is 18.5 Å². The lowest BCUT2D eigenvalue weighted by atomic mass is 10.1. The molecule has 8 heteroatoms. The molecule has 0 spiro atoms. The number of hydrogen-bond acceptors (Lipinski definition) is 5. The van der Waals surface area contributed by atoms with Crippen LogP contribution in [-0.2, 0) is 16.1 Å². The maximum Gasteiger partial charge on any atom is 0.338 e. The van der Waals surface area contributed by atoms with E-state index >= 15 is 0 Å². The number of amides is 1. The number of nitriles is 1. The summed E-state index contributed by atoms with van der Waals surface area (Å²) in [5, 5.41) is 13.3. The molecule has 33 heavy (non-hydrogen) atoms. The van der Waals surface area contributed by atoms with E-state index in [9.17, 15) is 14.9 Å². The largest absolute Gasteiger partial charge is 0.467 e. The van der Waals surface area contributed by atoms with Gasteiger partial charge >= 0.3 is 5.97 Å². The lowest BCUT2D eigenvalue weighted by molar-refractivity contribution is -0.119. The zero-order valence-corrected chi connectivity index (χ0v) is 18.9. The smallest absolute Gasteiger partial charge is 0.338 e. The molecule has 1 aromatic carbocycles. The minimum Gasteiger partial charge on any atom is -0.467 e. The Kier molecular flexibility index (Phi) is 5.80. The first-order chi connectivity index (χ1) is 15.8. The predicted octanol–water partition coefficient (Wildman–Crippen LogP) is 4.51. The molecule has 0 bridgehead atoms. The number of aromatic nitrogens is 2. The summed E-state index contributed by atoms with van der Waals surface area (Å²) in [6.45, 7) is 7.52. The van der Waals surface area contributed by atoms with Gasteiger partial charge in [-0.3, -0.25) is 4.79 Å². The van der Waals surface area contributed by atoms with E-state index in [1.807, 2.05) is 39.8 Å². The van der Waals surface area contributed by atoms with Gasteiger partial charge in [-0.25, -0.2) is 4.79 Å². The average Bonchev–Trinajstić information content (AvgIpc) is 3.47. The van der Waals surface area contributed by atoms with Crippen LogP contribution in [0.2, 0.25) is 0 Å². The maximum absolute atomic E-state index is 12.6. The van der Waals surface area contributed by atoms with Crippen LogP contribution in [0.4, 0.5) is 5.82 Å². The summed E-state index contributed by atoms with van der Waals surface area (Å²) >= 11 is 0. The number of aryl methyl sites for hydroxylation is 2. The van der Waals surface area contributed by atoms with E-state index in [-0.39, 0.29) is 0 Å². The van der Waals surface area contributed by atoms with Crippen molar-refractivity contribution in [2.45, 2.75) is 34.2 Å². The SMILES string of the molecule is Cc1[nH]c2ccc(C(=O)OCC(=O)Nc3c(C#N)c(C)c(C)n3Cc3ccco3)cc2c1C. The normalized spacial score (nSPS) is 10.9. The molecule has 0 saturated heterocycles. The van der Waals surface area contributed by atoms with Gasteiger partial charge in [0.2, 0.25) is 0 Å². The highest BCUT2D eigenvalue weighted by Gasteiger charge is 2.21. The van der Waals surface area contributed by atoms with Gasteiger partial charge in [0, 0.05) is 22.3 Å². The van der Waals surface area contributed by atoms with E-state index in [0.29, 0.717) is 29.2 Å². The molecule has 1 amide bonds. The molecule has 0 atom stereocenters. The number of furan rings is 1. The summed E-state index contributed by atoms with van der Waals surface area (Å²) in [5.74, 6) is -0.0908. The summed E-state index contributed by atoms with van der Waals surface area (Å²) in [6.07, 6.45) is 1.57. The summed E-state index contributed by atoms with van der Waals surface area (Å²) in [6, 6.07) is 11.0. The van der Waals surface area contributed by atoms with Crippen molar-refractivity contribution in [1.29, 1.82) is 5.26 Å². The summed E-state index contributed by atoms with van der Waals surface area (Å²) in [5.41, 5.74) is 5.36. The van der Waals surface area contributed by atoms with Crippen molar-refractivity contribution < 1.29 is 18.7 Å². The standard InChI is InChI=1S/C25H24N4O4/c1-14-16(3)27-22-8-7-18(10-20(14)22)25(31)33-13-23(30)28-24-21(11-26)15(2)17(4)29(24)12-19-6-5-9-32-19/h5-10,27H,12-13H2,1-4H3,(H,28,30). The first kappa shape index (κ1) is 22.0. The molecule has 0 aliphatic heterocycles. The molecule has 0 aliphatic carbocycles. The molecule has 0 radical (unpaired) electrons. The minimum absolute atomic E-state index is 0.352. The molecule has 4 rings (SSSR count). The van der Waals surface area contributed by atoms with Crippen LogP contribution in [0.1, 0.15) is 44.2 Å². The Balaban J connectivity index is 1.49. The van der Waals surface area contributed by atoms with Crippen LogP contribution in [0.15, 0.2) is 41.0 Å². The van der Waals surface area contributed by atoms with Crippen LogP contribution in [-0.4, -0.2) is 28.0 Å². The molecule has 0 unspecified atom stereocenters. The Morgan fingerprint density at radius 3 is 2.67 bits per heavy atom. The molecular weight excluding hydrogens is 420 g/mol. The molecule has 0 saturated carbocycles. The molecule has 8 nitrogen and oxygen atoms in total. The molecule has 4 aromatic rings. The quantitative estimate of drug-likeness (QED) is 0.425. The van der Waals surface area contributed by atoms with Crippen LogP contribution in [0.3, 0.4) is 0 Å². The Morgan fingerprint density at radius 1 is 1.18 bits per heavy atom. The minimum atomic E-state index is -0.593. The molecule has 168 valence electrons. The molecule has 3 aromatic heterocycles. The summed E-state index contributed by atoms with van der Waals surface area (Å²) in [4.78, 5) is 28.4. The highest BCUT2D eigenvalue weighted by Crippen LogP contribution is 2.27. The number of H-pyrrole nitrogens is 1. The van der Waals surface area contributed by atoms with Crippen molar-refractivity contribution in [1.82, 2.24) is 9.55 Å². The second kappa shape index (κ2) is 8.71. The second-order valence-electron chi connectivity index (χ2n) is 7.97. The van der Waals surface area contributed by atoms with E-state index in [4.69, 9.17) is 9.15 Å². The fourth-order valence-corrected chi connectivity index (χ4v) is 3.86. The molecule has 0 aliphatic rings. The van der Waals surface area contributed by atoms with Gasteiger partial charge in [-0.15, -0.1) is 0 Å². The monoisotopic (exact) mass is 444 g/mol. The van der Waals surface area contributed by atoms with E-state index in [2.05, 4.69) is 16.4 Å². The van der Waals surface area contributed by atoms with E-state index in [0.717, 1.165) is 33.4 Å².